The van der Waals surface area contributed by atoms with E-state index < -0.39 is 17.2 Å². The average Bonchev–Trinajstić information content (AvgIpc) is 3.45. The lowest BCUT2D eigenvalue weighted by Crippen LogP contribution is -2.56. The van der Waals surface area contributed by atoms with E-state index >= 15 is 0 Å². The van der Waals surface area contributed by atoms with Crippen molar-refractivity contribution in [2.75, 3.05) is 26.2 Å². The zero-order valence-electron chi connectivity index (χ0n) is 21.3. The summed E-state index contributed by atoms with van der Waals surface area (Å²) in [6.07, 6.45) is 5.46. The van der Waals surface area contributed by atoms with Crippen molar-refractivity contribution >= 4 is 23.6 Å². The number of thioether (sulfide) groups is 1. The van der Waals surface area contributed by atoms with Gasteiger partial charge in [-0.1, -0.05) is 25.1 Å². The van der Waals surface area contributed by atoms with Crippen molar-refractivity contribution in [3.05, 3.63) is 65.2 Å². The van der Waals surface area contributed by atoms with Gasteiger partial charge in [0, 0.05) is 28.3 Å². The Bertz CT molecular complexity index is 1140. The van der Waals surface area contributed by atoms with E-state index in [2.05, 4.69) is 17.1 Å². The second-order valence-corrected chi connectivity index (χ2v) is 11.9. The maximum absolute atomic E-state index is 15.0. The zero-order valence-corrected chi connectivity index (χ0v) is 22.2. The fraction of sp³-hybridized carbons (Fsp3) is 0.517. The van der Waals surface area contributed by atoms with E-state index in [1.165, 1.54) is 17.8 Å². The quantitative estimate of drug-likeness (QED) is 0.501. The molecular weight excluding hydrogens is 492 g/mol. The highest BCUT2D eigenvalue weighted by molar-refractivity contribution is 7.98. The van der Waals surface area contributed by atoms with E-state index in [4.69, 9.17) is 0 Å². The number of amides is 2. The summed E-state index contributed by atoms with van der Waals surface area (Å²) in [4.78, 5) is 31.7. The van der Waals surface area contributed by atoms with Gasteiger partial charge in [-0.15, -0.1) is 11.8 Å². The molecule has 3 fully saturated rings. The Balaban J connectivity index is 1.30. The van der Waals surface area contributed by atoms with Gasteiger partial charge in [-0.2, -0.15) is 0 Å². The highest BCUT2D eigenvalue weighted by Crippen LogP contribution is 2.43. The van der Waals surface area contributed by atoms with Crippen LogP contribution >= 0.6 is 11.8 Å². The molecule has 0 bridgehead atoms. The Morgan fingerprint density at radius 1 is 1.03 bits per heavy atom. The van der Waals surface area contributed by atoms with E-state index in [0.29, 0.717) is 25.4 Å². The number of likely N-dealkylation sites (tertiary alicyclic amines) is 2. The first-order chi connectivity index (χ1) is 17.9. The number of rotatable bonds is 7. The van der Waals surface area contributed by atoms with Crippen molar-refractivity contribution < 1.29 is 18.4 Å². The number of halogens is 2. The van der Waals surface area contributed by atoms with Crippen LogP contribution < -0.4 is 5.32 Å². The molecule has 2 aromatic rings. The standard InChI is InChI=1S/C29H35F2N3O2S/c1-20-11-15-33(16-12-20)18-26(35)32-29-13-5-8-25(29)34(17-14-29)28(36)22-9-10-24(30)27(31)23(22)19-37-21-6-3-2-4-7-21/h2-4,6-7,9-10,20,25H,5,8,11-19H2,1H3,(H,32,35)/t25-,29-/m0/s1. The van der Waals surface area contributed by atoms with Crippen molar-refractivity contribution in [1.29, 1.82) is 0 Å². The lowest BCUT2D eigenvalue weighted by molar-refractivity contribution is -0.124. The van der Waals surface area contributed by atoms with E-state index in [-0.39, 0.29) is 34.7 Å². The molecule has 37 heavy (non-hydrogen) atoms. The molecule has 0 aromatic heterocycles. The van der Waals surface area contributed by atoms with Crippen molar-refractivity contribution in [2.45, 2.75) is 67.7 Å². The lowest BCUT2D eigenvalue weighted by Gasteiger charge is -2.35. The number of carbonyl (C=O) groups is 2. The topological polar surface area (TPSA) is 52.7 Å². The van der Waals surface area contributed by atoms with Gasteiger partial charge in [0.25, 0.3) is 5.91 Å². The summed E-state index contributed by atoms with van der Waals surface area (Å²) < 4.78 is 29.2. The first kappa shape index (κ1) is 26.2. The SMILES string of the molecule is CC1CCN(CC(=O)N[C@]23CCC[C@@H]2N(C(=O)c2ccc(F)c(F)c2CSc2ccccc2)CC3)CC1. The third-order valence-corrected chi connectivity index (χ3v) is 9.40. The molecule has 3 aliphatic rings. The predicted molar refractivity (Wildman–Crippen MR) is 141 cm³/mol. The van der Waals surface area contributed by atoms with E-state index in [0.717, 1.165) is 56.2 Å². The Hall–Kier alpha value is -2.45. The monoisotopic (exact) mass is 527 g/mol. The Kier molecular flexibility index (Phi) is 7.86. The molecule has 1 N–H and O–H groups in total. The van der Waals surface area contributed by atoms with E-state index in [9.17, 15) is 18.4 Å². The summed E-state index contributed by atoms with van der Waals surface area (Å²) in [5, 5.41) is 3.32. The molecule has 0 radical (unpaired) electrons. The Morgan fingerprint density at radius 3 is 2.54 bits per heavy atom. The predicted octanol–water partition coefficient (Wildman–Crippen LogP) is 5.24. The van der Waals surface area contributed by atoms with Gasteiger partial charge in [-0.25, -0.2) is 8.78 Å². The molecule has 5 rings (SSSR count). The smallest absolute Gasteiger partial charge is 0.254 e. The van der Waals surface area contributed by atoms with Gasteiger partial charge in [0.15, 0.2) is 11.6 Å². The number of benzene rings is 2. The minimum Gasteiger partial charge on any atom is -0.347 e. The number of nitrogens with one attached hydrogen (secondary N) is 1. The van der Waals surface area contributed by atoms with Crippen LogP contribution in [0.2, 0.25) is 0 Å². The number of hydrogen-bond donors (Lipinski definition) is 1. The summed E-state index contributed by atoms with van der Waals surface area (Å²) in [6, 6.07) is 11.8. The second kappa shape index (κ2) is 11.1. The van der Waals surface area contributed by atoms with Crippen LogP contribution in [0.4, 0.5) is 8.78 Å². The molecule has 1 aliphatic carbocycles. The number of hydrogen-bond acceptors (Lipinski definition) is 4. The molecule has 2 amide bonds. The first-order valence-corrected chi connectivity index (χ1v) is 14.3. The van der Waals surface area contributed by atoms with Gasteiger partial charge in [0.05, 0.1) is 18.1 Å². The van der Waals surface area contributed by atoms with Gasteiger partial charge in [0.2, 0.25) is 5.91 Å². The molecule has 2 aliphatic heterocycles. The zero-order chi connectivity index (χ0) is 26.0. The Morgan fingerprint density at radius 2 is 1.78 bits per heavy atom. The molecule has 2 saturated heterocycles. The molecule has 0 spiro atoms. The molecule has 5 nitrogen and oxygen atoms in total. The van der Waals surface area contributed by atoms with Crippen molar-refractivity contribution in [2.24, 2.45) is 5.92 Å². The fourth-order valence-electron chi connectivity index (χ4n) is 6.23. The van der Waals surface area contributed by atoms with Crippen LogP contribution in [-0.2, 0) is 10.5 Å². The summed E-state index contributed by atoms with van der Waals surface area (Å²) in [6.45, 7) is 5.02. The van der Waals surface area contributed by atoms with E-state index in [1.807, 2.05) is 30.3 Å². The molecule has 198 valence electrons. The summed E-state index contributed by atoms with van der Waals surface area (Å²) in [5.74, 6) is -1.31. The van der Waals surface area contributed by atoms with Crippen LogP contribution in [0.1, 0.15) is 61.4 Å². The van der Waals surface area contributed by atoms with Gasteiger partial charge < -0.3 is 10.2 Å². The number of fused-ring (bicyclic) bond motifs is 1. The van der Waals surface area contributed by atoms with Crippen LogP contribution in [0.5, 0.6) is 0 Å². The number of piperidine rings is 1. The molecule has 2 aromatic carbocycles. The molecule has 0 unspecified atom stereocenters. The fourth-order valence-corrected chi connectivity index (χ4v) is 7.17. The molecule has 2 atom stereocenters. The van der Waals surface area contributed by atoms with Crippen LogP contribution in [-0.4, -0.2) is 59.4 Å². The summed E-state index contributed by atoms with van der Waals surface area (Å²) in [5.41, 5.74) is -0.135. The van der Waals surface area contributed by atoms with Crippen molar-refractivity contribution in [3.63, 3.8) is 0 Å². The van der Waals surface area contributed by atoms with Crippen molar-refractivity contribution in [3.8, 4) is 0 Å². The molecule has 1 saturated carbocycles. The lowest BCUT2D eigenvalue weighted by atomic mass is 9.92. The van der Waals surface area contributed by atoms with Crippen LogP contribution in [0, 0.1) is 17.6 Å². The largest absolute Gasteiger partial charge is 0.347 e. The normalized spacial score (nSPS) is 24.3. The minimum absolute atomic E-state index is 0.0172. The summed E-state index contributed by atoms with van der Waals surface area (Å²) >= 11 is 1.38. The summed E-state index contributed by atoms with van der Waals surface area (Å²) in [7, 11) is 0. The highest BCUT2D eigenvalue weighted by Gasteiger charge is 2.53. The maximum Gasteiger partial charge on any atom is 0.254 e. The van der Waals surface area contributed by atoms with Crippen LogP contribution in [0.15, 0.2) is 47.4 Å². The highest BCUT2D eigenvalue weighted by atomic mass is 32.2. The molecule has 8 heteroatoms. The Labute approximate surface area is 222 Å². The van der Waals surface area contributed by atoms with Gasteiger partial charge >= 0.3 is 0 Å². The third-order valence-electron chi connectivity index (χ3n) is 8.36. The minimum atomic E-state index is -0.963. The van der Waals surface area contributed by atoms with Gasteiger partial charge in [0.1, 0.15) is 0 Å². The number of carbonyl (C=O) groups excluding carboxylic acids is 2. The van der Waals surface area contributed by atoms with Crippen LogP contribution in [0.25, 0.3) is 0 Å². The molecular formula is C29H35F2N3O2S. The third kappa shape index (κ3) is 5.55. The maximum atomic E-state index is 15.0. The molecule has 2 heterocycles. The van der Waals surface area contributed by atoms with Crippen molar-refractivity contribution in [1.82, 2.24) is 15.1 Å². The second-order valence-electron chi connectivity index (χ2n) is 10.8. The van der Waals surface area contributed by atoms with E-state index in [1.54, 1.807) is 4.90 Å². The van der Waals surface area contributed by atoms with Crippen LogP contribution in [0.3, 0.4) is 0 Å². The first-order valence-electron chi connectivity index (χ1n) is 13.4. The number of nitrogens with zero attached hydrogens (tertiary/aromatic N) is 2. The average molecular weight is 528 g/mol. The van der Waals surface area contributed by atoms with Gasteiger partial charge in [-0.05, 0) is 81.8 Å². The van der Waals surface area contributed by atoms with Gasteiger partial charge in [-0.3, -0.25) is 14.5 Å².